The Morgan fingerprint density at radius 2 is 2.07 bits per heavy atom. The first kappa shape index (κ1) is 18.5. The van der Waals surface area contributed by atoms with Crippen LogP contribution in [0, 0.1) is 0 Å². The smallest absolute Gasteiger partial charge is 0.261 e. The summed E-state index contributed by atoms with van der Waals surface area (Å²) in [5, 5.41) is 10.2. The summed E-state index contributed by atoms with van der Waals surface area (Å²) in [6.45, 7) is 0.192. The zero-order chi connectivity index (χ0) is 20.2. The van der Waals surface area contributed by atoms with Crippen molar-refractivity contribution in [2.24, 2.45) is 0 Å². The average molecular weight is 390 g/mol. The number of nitrogens with one attached hydrogen (secondary N) is 2. The first-order chi connectivity index (χ1) is 14.1. The van der Waals surface area contributed by atoms with Gasteiger partial charge in [-0.3, -0.25) is 19.3 Å². The Kier molecular flexibility index (Phi) is 5.12. The number of para-hydroxylation sites is 1. The highest BCUT2D eigenvalue weighted by Gasteiger charge is 2.10. The molecule has 2 aromatic heterocycles. The van der Waals surface area contributed by atoms with E-state index in [-0.39, 0.29) is 18.0 Å². The van der Waals surface area contributed by atoms with Crippen LogP contribution in [0.5, 0.6) is 0 Å². The molecule has 2 aromatic carbocycles. The fourth-order valence-corrected chi connectivity index (χ4v) is 2.94. The lowest BCUT2D eigenvalue weighted by Gasteiger charge is -2.08. The lowest BCUT2D eigenvalue weighted by Crippen LogP contribution is -2.27. The van der Waals surface area contributed by atoms with Gasteiger partial charge in [-0.15, -0.1) is 0 Å². The van der Waals surface area contributed by atoms with Gasteiger partial charge < -0.3 is 10.1 Å². The minimum atomic E-state index is -0.337. The second-order valence-electron chi connectivity index (χ2n) is 6.36. The summed E-state index contributed by atoms with van der Waals surface area (Å²) in [5.41, 5.74) is 1.66. The van der Waals surface area contributed by atoms with Gasteiger partial charge >= 0.3 is 0 Å². The number of methoxy groups -OCH3 is 1. The van der Waals surface area contributed by atoms with Crippen molar-refractivity contribution in [3.05, 3.63) is 71.0 Å². The quantitative estimate of drug-likeness (QED) is 0.520. The number of amides is 1. The molecule has 0 fully saturated rings. The highest BCUT2D eigenvalue weighted by molar-refractivity contribution is 5.91. The highest BCUT2D eigenvalue weighted by Crippen LogP contribution is 2.19. The molecule has 0 saturated carbocycles. The number of rotatable bonds is 6. The molecule has 1 amide bonds. The minimum absolute atomic E-state index is 0.139. The SMILES string of the molecule is COCc1nc(-c2cccc(NC(=O)Cn3cnc4ccccc4c3=O)c2)n[nH]1. The Morgan fingerprint density at radius 3 is 2.93 bits per heavy atom. The van der Waals surface area contributed by atoms with Gasteiger partial charge in [0.2, 0.25) is 5.91 Å². The van der Waals surface area contributed by atoms with Crippen molar-refractivity contribution in [1.29, 1.82) is 0 Å². The van der Waals surface area contributed by atoms with E-state index < -0.39 is 0 Å². The van der Waals surface area contributed by atoms with Crippen LogP contribution in [0.1, 0.15) is 5.82 Å². The first-order valence-corrected chi connectivity index (χ1v) is 8.89. The molecule has 29 heavy (non-hydrogen) atoms. The standard InChI is InChI=1S/C20H18N6O3/c1-29-11-17-23-19(25-24-17)13-5-4-6-14(9-13)22-18(27)10-26-12-21-16-8-3-2-7-15(16)20(26)28/h2-9,12H,10-11H2,1H3,(H,22,27)(H,23,24,25). The Bertz CT molecular complexity index is 1230. The number of hydrogen-bond acceptors (Lipinski definition) is 6. The summed E-state index contributed by atoms with van der Waals surface area (Å²) in [5.74, 6) is 0.777. The predicted molar refractivity (Wildman–Crippen MR) is 107 cm³/mol. The van der Waals surface area contributed by atoms with E-state index in [1.807, 2.05) is 12.1 Å². The molecule has 2 heterocycles. The van der Waals surface area contributed by atoms with E-state index in [1.165, 1.54) is 10.9 Å². The maximum atomic E-state index is 12.5. The van der Waals surface area contributed by atoms with E-state index in [0.29, 0.717) is 34.8 Å². The third-order valence-corrected chi connectivity index (χ3v) is 4.26. The number of anilines is 1. The molecule has 0 aliphatic rings. The van der Waals surface area contributed by atoms with Gasteiger partial charge in [-0.25, -0.2) is 9.97 Å². The lowest BCUT2D eigenvalue weighted by molar-refractivity contribution is -0.116. The summed E-state index contributed by atoms with van der Waals surface area (Å²) in [6.07, 6.45) is 1.38. The summed E-state index contributed by atoms with van der Waals surface area (Å²) >= 11 is 0. The molecule has 4 rings (SSSR count). The molecule has 0 aliphatic carbocycles. The number of carbonyl (C=O) groups excluding carboxylic acids is 1. The fourth-order valence-electron chi connectivity index (χ4n) is 2.94. The predicted octanol–water partition coefficient (Wildman–Crippen LogP) is 1.97. The number of carbonyl (C=O) groups is 1. The lowest BCUT2D eigenvalue weighted by atomic mass is 10.2. The second-order valence-corrected chi connectivity index (χ2v) is 6.36. The van der Waals surface area contributed by atoms with Crippen LogP contribution in [0.15, 0.2) is 59.7 Å². The van der Waals surface area contributed by atoms with Gasteiger partial charge in [0.1, 0.15) is 13.2 Å². The maximum absolute atomic E-state index is 12.5. The van der Waals surface area contributed by atoms with Crippen molar-refractivity contribution in [1.82, 2.24) is 24.7 Å². The van der Waals surface area contributed by atoms with Crippen molar-refractivity contribution in [2.75, 3.05) is 12.4 Å². The third-order valence-electron chi connectivity index (χ3n) is 4.26. The van der Waals surface area contributed by atoms with E-state index in [1.54, 1.807) is 43.5 Å². The number of ether oxygens (including phenoxy) is 1. The van der Waals surface area contributed by atoms with Gasteiger partial charge in [-0.1, -0.05) is 24.3 Å². The zero-order valence-corrected chi connectivity index (χ0v) is 15.6. The van der Waals surface area contributed by atoms with Gasteiger partial charge in [0, 0.05) is 18.4 Å². The molecule has 9 nitrogen and oxygen atoms in total. The van der Waals surface area contributed by atoms with Crippen LogP contribution < -0.4 is 10.9 Å². The fraction of sp³-hybridized carbons (Fsp3) is 0.150. The van der Waals surface area contributed by atoms with E-state index in [9.17, 15) is 9.59 Å². The van der Waals surface area contributed by atoms with Gasteiger partial charge in [0.05, 0.1) is 17.2 Å². The molecule has 0 atom stereocenters. The maximum Gasteiger partial charge on any atom is 0.261 e. The zero-order valence-electron chi connectivity index (χ0n) is 15.6. The average Bonchev–Trinajstić information content (AvgIpc) is 3.20. The Balaban J connectivity index is 1.50. The Labute approximate surface area is 165 Å². The first-order valence-electron chi connectivity index (χ1n) is 8.89. The summed E-state index contributed by atoms with van der Waals surface area (Å²) < 4.78 is 6.31. The van der Waals surface area contributed by atoms with Crippen molar-refractivity contribution in [2.45, 2.75) is 13.2 Å². The molecule has 0 bridgehead atoms. The van der Waals surface area contributed by atoms with E-state index in [4.69, 9.17) is 4.74 Å². The number of fused-ring (bicyclic) bond motifs is 1. The van der Waals surface area contributed by atoms with Crippen LogP contribution in [-0.2, 0) is 22.7 Å². The monoisotopic (exact) mass is 390 g/mol. The number of H-pyrrole nitrogens is 1. The van der Waals surface area contributed by atoms with E-state index in [0.717, 1.165) is 5.56 Å². The number of benzene rings is 2. The molecule has 4 aromatic rings. The van der Waals surface area contributed by atoms with Crippen LogP contribution in [-0.4, -0.2) is 37.7 Å². The Morgan fingerprint density at radius 1 is 1.21 bits per heavy atom. The summed E-state index contributed by atoms with van der Waals surface area (Å²) in [4.78, 5) is 33.5. The van der Waals surface area contributed by atoms with Crippen molar-refractivity contribution in [3.63, 3.8) is 0 Å². The van der Waals surface area contributed by atoms with Gasteiger partial charge in [0.25, 0.3) is 5.56 Å². The second kappa shape index (κ2) is 8.03. The number of nitrogens with zero attached hydrogens (tertiary/aromatic N) is 4. The van der Waals surface area contributed by atoms with E-state index >= 15 is 0 Å². The van der Waals surface area contributed by atoms with Crippen LogP contribution >= 0.6 is 0 Å². The van der Waals surface area contributed by atoms with Gasteiger partial charge in [0.15, 0.2) is 11.6 Å². The van der Waals surface area contributed by atoms with Crippen LogP contribution in [0.25, 0.3) is 22.3 Å². The molecule has 0 radical (unpaired) electrons. The number of aromatic nitrogens is 5. The van der Waals surface area contributed by atoms with E-state index in [2.05, 4.69) is 25.5 Å². The van der Waals surface area contributed by atoms with Crippen LogP contribution in [0.4, 0.5) is 5.69 Å². The third kappa shape index (κ3) is 4.04. The molecule has 0 saturated heterocycles. The highest BCUT2D eigenvalue weighted by atomic mass is 16.5. The van der Waals surface area contributed by atoms with Gasteiger partial charge in [-0.2, -0.15) is 5.10 Å². The molecular weight excluding hydrogens is 372 g/mol. The summed E-state index contributed by atoms with van der Waals surface area (Å²) in [7, 11) is 1.58. The normalized spacial score (nSPS) is 10.9. The number of aromatic amines is 1. The van der Waals surface area contributed by atoms with Gasteiger partial charge in [-0.05, 0) is 24.3 Å². The minimum Gasteiger partial charge on any atom is -0.377 e. The van der Waals surface area contributed by atoms with Crippen LogP contribution in [0.3, 0.4) is 0 Å². The molecular formula is C20H18N6O3. The van der Waals surface area contributed by atoms with Crippen molar-refractivity contribution in [3.8, 4) is 11.4 Å². The largest absolute Gasteiger partial charge is 0.377 e. The van der Waals surface area contributed by atoms with Crippen molar-refractivity contribution >= 4 is 22.5 Å². The van der Waals surface area contributed by atoms with Crippen LogP contribution in [0.2, 0.25) is 0 Å². The molecule has 9 heteroatoms. The molecule has 146 valence electrons. The summed E-state index contributed by atoms with van der Waals surface area (Å²) in [6, 6.07) is 14.2. The Hall–Kier alpha value is -3.85. The molecule has 0 unspecified atom stereocenters. The van der Waals surface area contributed by atoms with Crippen molar-refractivity contribution < 1.29 is 9.53 Å². The molecule has 0 spiro atoms. The topological polar surface area (TPSA) is 115 Å². The molecule has 0 aliphatic heterocycles. The molecule has 2 N–H and O–H groups in total. The number of hydrogen-bond donors (Lipinski definition) is 2.